The van der Waals surface area contributed by atoms with Gasteiger partial charge in [-0.1, -0.05) is 37.3 Å². The monoisotopic (exact) mass is 246 g/mol. The highest BCUT2D eigenvalue weighted by Gasteiger charge is 2.32. The van der Waals surface area contributed by atoms with Crippen LogP contribution >= 0.6 is 0 Å². The number of hydrogen-bond donors (Lipinski definition) is 1. The van der Waals surface area contributed by atoms with Gasteiger partial charge in [0.15, 0.2) is 0 Å². The van der Waals surface area contributed by atoms with E-state index in [1.165, 1.54) is 0 Å². The van der Waals surface area contributed by atoms with Crippen LogP contribution in [0.25, 0.3) is 0 Å². The van der Waals surface area contributed by atoms with Gasteiger partial charge in [-0.05, 0) is 31.2 Å². The number of likely N-dealkylation sites (tertiary alicyclic amines) is 1. The lowest BCUT2D eigenvalue weighted by atomic mass is 10.1. The lowest BCUT2D eigenvalue weighted by Gasteiger charge is -2.25. The fourth-order valence-corrected chi connectivity index (χ4v) is 2.78. The Bertz CT molecular complexity index is 404. The molecule has 3 atom stereocenters. The molecule has 0 saturated carbocycles. The van der Waals surface area contributed by atoms with Gasteiger partial charge in [0.1, 0.15) is 0 Å². The minimum absolute atomic E-state index is 0.0932. The third-order valence-corrected chi connectivity index (χ3v) is 3.68. The van der Waals surface area contributed by atoms with Gasteiger partial charge in [-0.15, -0.1) is 0 Å². The first kappa shape index (κ1) is 13.1. The zero-order valence-electron chi connectivity index (χ0n) is 11.2. The largest absolute Gasteiger partial charge is 0.338 e. The van der Waals surface area contributed by atoms with Crippen LogP contribution in [0.2, 0.25) is 0 Å². The van der Waals surface area contributed by atoms with Crippen molar-refractivity contribution < 1.29 is 4.79 Å². The van der Waals surface area contributed by atoms with E-state index in [0.717, 1.165) is 18.5 Å². The fraction of sp³-hybridized carbons (Fsp3) is 0.533. The topological polar surface area (TPSA) is 46.3 Å². The number of carbonyl (C=O) groups excluding carboxylic acids is 1. The first-order valence-corrected chi connectivity index (χ1v) is 6.68. The van der Waals surface area contributed by atoms with E-state index in [-0.39, 0.29) is 5.91 Å². The Kier molecular flexibility index (Phi) is 4.02. The Labute approximate surface area is 109 Å². The van der Waals surface area contributed by atoms with Gasteiger partial charge in [-0.2, -0.15) is 0 Å². The molecule has 0 radical (unpaired) electrons. The van der Waals surface area contributed by atoms with Gasteiger partial charge in [0.05, 0.1) is 6.04 Å². The van der Waals surface area contributed by atoms with Crippen molar-refractivity contribution in [2.75, 3.05) is 6.54 Å². The quantitative estimate of drug-likeness (QED) is 0.884. The molecule has 3 nitrogen and oxygen atoms in total. The molecule has 1 aromatic rings. The molecular formula is C15H22N2O. The highest BCUT2D eigenvalue weighted by Crippen LogP contribution is 2.23. The number of rotatable bonds is 3. The van der Waals surface area contributed by atoms with Crippen molar-refractivity contribution in [1.29, 1.82) is 0 Å². The molecule has 0 aliphatic carbocycles. The number of nitrogens with zero attached hydrogens (tertiary/aromatic N) is 1. The summed E-state index contributed by atoms with van der Waals surface area (Å²) in [5, 5.41) is 0. The van der Waals surface area contributed by atoms with Gasteiger partial charge in [-0.25, -0.2) is 0 Å². The molecule has 0 aromatic heterocycles. The molecule has 1 fully saturated rings. The van der Waals surface area contributed by atoms with Gasteiger partial charge in [0, 0.05) is 12.6 Å². The summed E-state index contributed by atoms with van der Waals surface area (Å²) in [6.07, 6.45) is 1.71. The molecule has 2 unspecified atom stereocenters. The highest BCUT2D eigenvalue weighted by atomic mass is 16.2. The van der Waals surface area contributed by atoms with Crippen molar-refractivity contribution in [3.05, 3.63) is 35.9 Å². The predicted octanol–water partition coefficient (Wildman–Crippen LogP) is 1.81. The van der Waals surface area contributed by atoms with E-state index in [9.17, 15) is 4.79 Å². The first-order chi connectivity index (χ1) is 8.58. The van der Waals surface area contributed by atoms with Crippen LogP contribution in [0, 0.1) is 5.92 Å². The second-order valence-electron chi connectivity index (χ2n) is 5.48. The van der Waals surface area contributed by atoms with Gasteiger partial charge in [0.2, 0.25) is 5.91 Å². The maximum absolute atomic E-state index is 12.3. The van der Waals surface area contributed by atoms with Gasteiger partial charge >= 0.3 is 0 Å². The Balaban J connectivity index is 1.97. The minimum atomic E-state index is -0.417. The molecule has 2 rings (SSSR count). The van der Waals surface area contributed by atoms with Crippen LogP contribution in [0.3, 0.4) is 0 Å². The summed E-state index contributed by atoms with van der Waals surface area (Å²) in [5.74, 6) is 0.684. The Morgan fingerprint density at radius 1 is 1.39 bits per heavy atom. The van der Waals surface area contributed by atoms with Crippen molar-refractivity contribution in [3.8, 4) is 0 Å². The standard InChI is InChI=1S/C15H22N2O/c1-11-8-12(2)17(10-11)15(18)14(16)9-13-6-4-3-5-7-13/h3-7,11-12,14H,8-10,16H2,1-2H3/t11?,12?,14-/m0/s1. The molecule has 98 valence electrons. The summed E-state index contributed by atoms with van der Waals surface area (Å²) in [5.41, 5.74) is 7.17. The SMILES string of the molecule is CC1CC(C)N(C(=O)[C@@H](N)Cc2ccccc2)C1. The van der Waals surface area contributed by atoms with Crippen molar-refractivity contribution in [2.45, 2.75) is 38.8 Å². The average molecular weight is 246 g/mol. The molecular weight excluding hydrogens is 224 g/mol. The van der Waals surface area contributed by atoms with E-state index in [0.29, 0.717) is 18.4 Å². The molecule has 1 aromatic carbocycles. The lowest BCUT2D eigenvalue weighted by Crippen LogP contribution is -2.46. The van der Waals surface area contributed by atoms with Crippen molar-refractivity contribution in [2.24, 2.45) is 11.7 Å². The van der Waals surface area contributed by atoms with E-state index < -0.39 is 6.04 Å². The summed E-state index contributed by atoms with van der Waals surface area (Å²) in [6, 6.07) is 9.88. The summed E-state index contributed by atoms with van der Waals surface area (Å²) >= 11 is 0. The normalized spacial score (nSPS) is 25.2. The van der Waals surface area contributed by atoms with E-state index in [1.807, 2.05) is 35.2 Å². The summed E-state index contributed by atoms with van der Waals surface area (Å²) in [7, 11) is 0. The second-order valence-corrected chi connectivity index (χ2v) is 5.48. The maximum Gasteiger partial charge on any atom is 0.240 e. The summed E-state index contributed by atoms with van der Waals surface area (Å²) in [6.45, 7) is 5.14. The molecule has 0 bridgehead atoms. The number of amides is 1. The molecule has 1 aliphatic rings. The first-order valence-electron chi connectivity index (χ1n) is 6.68. The Hall–Kier alpha value is -1.35. The van der Waals surface area contributed by atoms with Crippen molar-refractivity contribution in [1.82, 2.24) is 4.90 Å². The zero-order valence-corrected chi connectivity index (χ0v) is 11.2. The number of carbonyl (C=O) groups is 1. The number of hydrogen-bond acceptors (Lipinski definition) is 2. The fourth-order valence-electron chi connectivity index (χ4n) is 2.78. The molecule has 2 N–H and O–H groups in total. The Morgan fingerprint density at radius 2 is 2.06 bits per heavy atom. The average Bonchev–Trinajstić information content (AvgIpc) is 2.68. The molecule has 1 amide bonds. The Morgan fingerprint density at radius 3 is 2.61 bits per heavy atom. The smallest absolute Gasteiger partial charge is 0.240 e. The third-order valence-electron chi connectivity index (χ3n) is 3.68. The van der Waals surface area contributed by atoms with Crippen LogP contribution in [0.15, 0.2) is 30.3 Å². The van der Waals surface area contributed by atoms with Crippen LogP contribution < -0.4 is 5.73 Å². The predicted molar refractivity (Wildman–Crippen MR) is 73.1 cm³/mol. The van der Waals surface area contributed by atoms with Crippen molar-refractivity contribution >= 4 is 5.91 Å². The third kappa shape index (κ3) is 2.91. The van der Waals surface area contributed by atoms with Crippen LogP contribution in [-0.4, -0.2) is 29.4 Å². The second kappa shape index (κ2) is 5.53. The summed E-state index contributed by atoms with van der Waals surface area (Å²) in [4.78, 5) is 14.2. The maximum atomic E-state index is 12.3. The van der Waals surface area contributed by atoms with Crippen LogP contribution in [0.1, 0.15) is 25.8 Å². The van der Waals surface area contributed by atoms with Crippen LogP contribution in [0.5, 0.6) is 0 Å². The highest BCUT2D eigenvalue weighted by molar-refractivity contribution is 5.82. The van der Waals surface area contributed by atoms with Crippen molar-refractivity contribution in [3.63, 3.8) is 0 Å². The van der Waals surface area contributed by atoms with E-state index in [2.05, 4.69) is 13.8 Å². The summed E-state index contributed by atoms with van der Waals surface area (Å²) < 4.78 is 0. The zero-order chi connectivity index (χ0) is 13.1. The molecule has 3 heteroatoms. The van der Waals surface area contributed by atoms with Gasteiger partial charge in [0.25, 0.3) is 0 Å². The van der Waals surface area contributed by atoms with E-state index in [1.54, 1.807) is 0 Å². The molecule has 1 saturated heterocycles. The molecule has 18 heavy (non-hydrogen) atoms. The van der Waals surface area contributed by atoms with E-state index >= 15 is 0 Å². The van der Waals surface area contributed by atoms with Crippen LogP contribution in [0.4, 0.5) is 0 Å². The minimum Gasteiger partial charge on any atom is -0.338 e. The molecule has 0 spiro atoms. The van der Waals surface area contributed by atoms with Crippen LogP contribution in [-0.2, 0) is 11.2 Å². The molecule has 1 aliphatic heterocycles. The van der Waals surface area contributed by atoms with E-state index in [4.69, 9.17) is 5.73 Å². The van der Waals surface area contributed by atoms with Gasteiger partial charge in [-0.3, -0.25) is 4.79 Å². The lowest BCUT2D eigenvalue weighted by molar-refractivity contribution is -0.133. The number of nitrogens with two attached hydrogens (primary N) is 1. The number of benzene rings is 1. The van der Waals surface area contributed by atoms with Gasteiger partial charge < -0.3 is 10.6 Å². The molecule has 1 heterocycles.